The van der Waals surface area contributed by atoms with Crippen LogP contribution in [0.15, 0.2) is 36.5 Å². The molecule has 1 aromatic heterocycles. The normalized spacial score (nSPS) is 10.8. The number of hydrogen-bond acceptors (Lipinski definition) is 5. The number of carboxylic acid groups (broad SMARTS) is 1. The van der Waals surface area contributed by atoms with Gasteiger partial charge in [-0.2, -0.15) is 8.42 Å². The zero-order valence-electron chi connectivity index (χ0n) is 13.8. The van der Waals surface area contributed by atoms with Gasteiger partial charge in [0.1, 0.15) is 0 Å². The molecule has 2 rings (SSSR count). The summed E-state index contributed by atoms with van der Waals surface area (Å²) in [5, 5.41) is 20.0. The zero-order valence-corrected chi connectivity index (χ0v) is 15.4. The molecule has 0 aliphatic rings. The quantitative estimate of drug-likeness (QED) is 0.489. The molecule has 2 aromatic rings. The van der Waals surface area contributed by atoms with E-state index in [0.717, 1.165) is 6.20 Å². The van der Waals surface area contributed by atoms with E-state index < -0.39 is 21.9 Å². The maximum atomic E-state index is 11.9. The Morgan fingerprint density at radius 3 is 2.27 bits per heavy atom. The fraction of sp³-hybridized carbons (Fsp3) is 0.200. The minimum Gasteiger partial charge on any atom is -0.477 e. The second kappa shape index (κ2) is 8.81. The van der Waals surface area contributed by atoms with Crippen LogP contribution in [0.1, 0.15) is 20.8 Å². The molecule has 26 heavy (non-hydrogen) atoms. The molecule has 0 fully saturated rings. The number of carbonyl (C=O) groups excluding carboxylic acids is 1. The molecule has 1 aromatic carbocycles. The van der Waals surface area contributed by atoms with Crippen molar-refractivity contribution in [3.8, 4) is 11.1 Å². The van der Waals surface area contributed by atoms with Gasteiger partial charge in [-0.3, -0.25) is 4.79 Å². The molecule has 1 amide bonds. The first kappa shape index (κ1) is 21.6. The average Bonchev–Trinajstić information content (AvgIpc) is 3.00. The van der Waals surface area contributed by atoms with Crippen LogP contribution in [0.5, 0.6) is 0 Å². The van der Waals surface area contributed by atoms with Crippen LogP contribution in [0.25, 0.3) is 11.1 Å². The third-order valence-electron chi connectivity index (χ3n) is 3.45. The predicted molar refractivity (Wildman–Crippen MR) is 98.8 cm³/mol. The van der Waals surface area contributed by atoms with Crippen molar-refractivity contribution in [3.05, 3.63) is 47.8 Å². The first-order valence-corrected chi connectivity index (χ1v) is 8.77. The van der Waals surface area contributed by atoms with Crippen molar-refractivity contribution >= 4 is 34.5 Å². The summed E-state index contributed by atoms with van der Waals surface area (Å²) in [4.78, 5) is 23.4. The second-order valence-corrected chi connectivity index (χ2v) is 6.58. The van der Waals surface area contributed by atoms with Crippen molar-refractivity contribution < 1.29 is 23.1 Å². The second-order valence-electron chi connectivity index (χ2n) is 5.16. The molecule has 0 bridgehead atoms. The summed E-state index contributed by atoms with van der Waals surface area (Å²) in [5.74, 6) is -1.69. The Morgan fingerprint density at radius 2 is 1.77 bits per heavy atom. The number of carboxylic acids is 1. The van der Waals surface area contributed by atoms with Gasteiger partial charge in [-0.15, -0.1) is 12.4 Å². The summed E-state index contributed by atoms with van der Waals surface area (Å²) in [6.07, 6.45) is 1.08. The minimum atomic E-state index is -4.23. The van der Waals surface area contributed by atoms with Gasteiger partial charge in [-0.25, -0.2) is 13.9 Å². The van der Waals surface area contributed by atoms with Gasteiger partial charge in [0.15, 0.2) is 5.69 Å². The number of nitrogens with two attached hydrogens (primary N) is 1. The van der Waals surface area contributed by atoms with Gasteiger partial charge in [-0.1, -0.05) is 12.1 Å². The van der Waals surface area contributed by atoms with Gasteiger partial charge < -0.3 is 15.7 Å². The Balaban J connectivity index is 0.00000338. The number of hydrogen-bond donors (Lipinski definition) is 4. The SMILES string of the molecule is CNCCNC(=O)c1ccc(-c2ccn(S(N)(=O)=O)c2C(=O)O)cc1.Cl. The predicted octanol–water partition coefficient (Wildman–Crippen LogP) is 0.276. The molecule has 11 heteroatoms. The lowest BCUT2D eigenvalue weighted by molar-refractivity contribution is 0.0690. The van der Waals surface area contributed by atoms with Crippen molar-refractivity contribution in [1.82, 2.24) is 14.6 Å². The Kier molecular flexibility index (Phi) is 7.33. The largest absolute Gasteiger partial charge is 0.477 e. The van der Waals surface area contributed by atoms with Gasteiger partial charge in [0.25, 0.3) is 5.91 Å². The van der Waals surface area contributed by atoms with Gasteiger partial charge in [-0.05, 0) is 30.8 Å². The molecular weight excluding hydrogens is 384 g/mol. The summed E-state index contributed by atoms with van der Waals surface area (Å²) in [5.41, 5.74) is 0.576. The lowest BCUT2D eigenvalue weighted by Gasteiger charge is -2.07. The first-order valence-electron chi connectivity index (χ1n) is 7.27. The van der Waals surface area contributed by atoms with E-state index in [2.05, 4.69) is 10.6 Å². The summed E-state index contributed by atoms with van der Waals surface area (Å²) >= 11 is 0. The number of likely N-dealkylation sites (N-methyl/N-ethyl adjacent to an activating group) is 1. The van der Waals surface area contributed by atoms with Crippen LogP contribution in [0.2, 0.25) is 0 Å². The van der Waals surface area contributed by atoms with E-state index in [4.69, 9.17) is 5.14 Å². The van der Waals surface area contributed by atoms with E-state index in [9.17, 15) is 23.1 Å². The third kappa shape index (κ3) is 4.82. The monoisotopic (exact) mass is 402 g/mol. The van der Waals surface area contributed by atoms with Crippen LogP contribution in [-0.2, 0) is 10.2 Å². The minimum absolute atomic E-state index is 0. The fourth-order valence-electron chi connectivity index (χ4n) is 2.27. The molecule has 0 saturated carbocycles. The summed E-state index contributed by atoms with van der Waals surface area (Å²) < 4.78 is 23.5. The first-order chi connectivity index (χ1) is 11.8. The molecule has 142 valence electrons. The maximum absolute atomic E-state index is 11.9. The lowest BCUT2D eigenvalue weighted by atomic mass is 10.0. The highest BCUT2D eigenvalue weighted by Crippen LogP contribution is 2.26. The molecule has 5 N–H and O–H groups in total. The van der Waals surface area contributed by atoms with Crippen molar-refractivity contribution in [2.24, 2.45) is 5.14 Å². The van der Waals surface area contributed by atoms with Crippen molar-refractivity contribution in [1.29, 1.82) is 0 Å². The number of aromatic carboxylic acids is 1. The molecule has 0 aliphatic heterocycles. The molecule has 0 atom stereocenters. The highest BCUT2D eigenvalue weighted by atomic mass is 35.5. The topological polar surface area (TPSA) is 144 Å². The Bertz CT molecular complexity index is 893. The number of carbonyl (C=O) groups is 2. The molecular formula is C15H19ClN4O5S. The van der Waals surface area contributed by atoms with Crippen LogP contribution in [0.4, 0.5) is 0 Å². The Hall–Kier alpha value is -2.40. The third-order valence-corrected chi connectivity index (χ3v) is 4.30. The number of rotatable bonds is 7. The number of nitrogens with one attached hydrogen (secondary N) is 2. The number of nitrogens with zero attached hydrogens (tertiary/aromatic N) is 1. The summed E-state index contributed by atoms with van der Waals surface area (Å²) in [7, 11) is -2.46. The van der Waals surface area contributed by atoms with Crippen molar-refractivity contribution in [3.63, 3.8) is 0 Å². The molecule has 0 unspecified atom stereocenters. The Labute approximate surface area is 156 Å². The summed E-state index contributed by atoms with van der Waals surface area (Å²) in [6, 6.07) is 7.49. The number of amides is 1. The number of aromatic nitrogens is 1. The molecule has 1 heterocycles. The lowest BCUT2D eigenvalue weighted by Crippen LogP contribution is -2.30. The zero-order chi connectivity index (χ0) is 18.6. The van der Waals surface area contributed by atoms with E-state index in [1.54, 1.807) is 19.2 Å². The molecule has 0 aliphatic carbocycles. The van der Waals surface area contributed by atoms with Crippen LogP contribution < -0.4 is 15.8 Å². The molecule has 0 spiro atoms. The number of benzene rings is 1. The van der Waals surface area contributed by atoms with Gasteiger partial charge in [0.2, 0.25) is 0 Å². The summed E-state index contributed by atoms with van der Waals surface area (Å²) in [6.45, 7) is 1.10. The van der Waals surface area contributed by atoms with Crippen LogP contribution in [-0.4, -0.2) is 49.5 Å². The van der Waals surface area contributed by atoms with Crippen LogP contribution in [0.3, 0.4) is 0 Å². The standard InChI is InChI=1S/C15H18N4O5S.ClH/c1-17-7-8-18-14(20)11-4-2-10(3-5-11)12-6-9-19(25(16,23)24)13(12)15(21)22;/h2-6,9,17H,7-8H2,1H3,(H,18,20)(H,21,22)(H2,16,23,24);1H. The fourth-order valence-corrected chi connectivity index (χ4v) is 2.93. The van der Waals surface area contributed by atoms with Gasteiger partial charge in [0, 0.05) is 30.4 Å². The van der Waals surface area contributed by atoms with Crippen molar-refractivity contribution in [2.45, 2.75) is 0 Å². The smallest absolute Gasteiger partial charge is 0.354 e. The van der Waals surface area contributed by atoms with E-state index in [-0.39, 0.29) is 23.9 Å². The van der Waals surface area contributed by atoms with E-state index >= 15 is 0 Å². The molecule has 0 saturated heterocycles. The van der Waals surface area contributed by atoms with E-state index in [1.807, 2.05) is 0 Å². The van der Waals surface area contributed by atoms with Gasteiger partial charge >= 0.3 is 16.2 Å². The maximum Gasteiger partial charge on any atom is 0.354 e. The van der Waals surface area contributed by atoms with E-state index in [1.165, 1.54) is 18.2 Å². The molecule has 0 radical (unpaired) electrons. The van der Waals surface area contributed by atoms with Crippen LogP contribution >= 0.6 is 12.4 Å². The highest BCUT2D eigenvalue weighted by Gasteiger charge is 2.22. The average molecular weight is 403 g/mol. The number of halogens is 1. The highest BCUT2D eigenvalue weighted by molar-refractivity contribution is 7.87. The van der Waals surface area contributed by atoms with Gasteiger partial charge in [0.05, 0.1) is 0 Å². The van der Waals surface area contributed by atoms with Crippen molar-refractivity contribution in [2.75, 3.05) is 20.1 Å². The molecule has 9 nitrogen and oxygen atoms in total. The van der Waals surface area contributed by atoms with Crippen LogP contribution in [0, 0.1) is 0 Å². The Morgan fingerprint density at radius 1 is 1.15 bits per heavy atom. The van der Waals surface area contributed by atoms with E-state index in [0.29, 0.717) is 28.2 Å².